The second-order valence-corrected chi connectivity index (χ2v) is 7.69. The number of aliphatic carboxylic acids is 1. The molecule has 0 saturated carbocycles. The third-order valence-electron chi connectivity index (χ3n) is 5.35. The van der Waals surface area contributed by atoms with Crippen molar-refractivity contribution in [3.8, 4) is 0 Å². The molecule has 0 aromatic carbocycles. The van der Waals surface area contributed by atoms with Crippen LogP contribution in [-0.4, -0.2) is 138 Å². The largest absolute Gasteiger partial charge is 0.477 e. The Kier molecular flexibility index (Phi) is 8.88. The van der Waals surface area contributed by atoms with E-state index in [1.165, 1.54) is 0 Å². The van der Waals surface area contributed by atoms with Gasteiger partial charge in [-0.3, -0.25) is 4.79 Å². The van der Waals surface area contributed by atoms with Crippen LogP contribution in [0, 0.1) is 0 Å². The predicted molar refractivity (Wildman–Crippen MR) is 97.4 cm³/mol. The van der Waals surface area contributed by atoms with Gasteiger partial charge in [0.05, 0.1) is 25.4 Å². The summed E-state index contributed by atoms with van der Waals surface area (Å²) in [4.78, 5) is 23.6. The SMILES string of the molecule is CC(=O)N[C@H]1C([C@H](O)[C@H](O)CO)O[C@@](OC2C(O)[C@H](O)OC(CO)[C@@H]2O)(C(=O)O)C[C@H]1O. The van der Waals surface area contributed by atoms with Gasteiger partial charge in [-0.15, -0.1) is 0 Å². The Labute approximate surface area is 181 Å². The van der Waals surface area contributed by atoms with Crippen molar-refractivity contribution in [2.45, 2.75) is 80.3 Å². The Balaban J connectivity index is 2.42. The summed E-state index contributed by atoms with van der Waals surface area (Å²) in [5, 5.41) is 91.5. The fraction of sp³-hybridized carbons (Fsp3) is 0.882. The number of hydrogen-bond acceptors (Lipinski definition) is 13. The van der Waals surface area contributed by atoms with Gasteiger partial charge in [0, 0.05) is 13.3 Å². The van der Waals surface area contributed by atoms with Crippen molar-refractivity contribution in [3.05, 3.63) is 0 Å². The van der Waals surface area contributed by atoms with Crippen molar-refractivity contribution in [1.82, 2.24) is 5.32 Å². The number of rotatable bonds is 8. The predicted octanol–water partition coefficient (Wildman–Crippen LogP) is -6.05. The van der Waals surface area contributed by atoms with Crippen molar-refractivity contribution >= 4 is 11.9 Å². The van der Waals surface area contributed by atoms with E-state index in [4.69, 9.17) is 19.3 Å². The average molecular weight is 471 g/mol. The standard InChI is InChI=1S/C17H29NO14/c1-5(21)18-9-6(22)2-17(16(28)29,31-13(9)10(24)7(23)3-19)32-14-11(25)8(4-20)30-15(27)12(14)26/h6-15,19-20,22-27H,2-4H2,1H3,(H,18,21)(H,28,29)/t6-,7-,8?,9-,10-,11+,12?,13?,14?,15-,17+/m1/s1. The van der Waals surface area contributed by atoms with Crippen LogP contribution in [0.2, 0.25) is 0 Å². The molecule has 10 N–H and O–H groups in total. The monoisotopic (exact) mass is 471 g/mol. The first-order valence-electron chi connectivity index (χ1n) is 9.70. The highest BCUT2D eigenvalue weighted by molar-refractivity contribution is 5.76. The van der Waals surface area contributed by atoms with Crippen LogP contribution >= 0.6 is 0 Å². The number of aliphatic hydroxyl groups is 8. The van der Waals surface area contributed by atoms with Crippen LogP contribution in [0.25, 0.3) is 0 Å². The minimum atomic E-state index is -2.86. The number of hydrogen-bond donors (Lipinski definition) is 10. The van der Waals surface area contributed by atoms with Crippen molar-refractivity contribution in [2.24, 2.45) is 0 Å². The zero-order chi connectivity index (χ0) is 24.4. The number of nitrogens with one attached hydrogen (secondary N) is 1. The molecule has 0 aliphatic carbocycles. The highest BCUT2D eigenvalue weighted by Crippen LogP contribution is 2.37. The smallest absolute Gasteiger partial charge is 0.364 e. The fourth-order valence-corrected chi connectivity index (χ4v) is 3.67. The number of carboxylic acids is 1. The molecule has 0 aromatic rings. The van der Waals surface area contributed by atoms with E-state index in [2.05, 4.69) is 5.32 Å². The molecule has 2 saturated heterocycles. The third kappa shape index (κ3) is 5.35. The van der Waals surface area contributed by atoms with Gasteiger partial charge < -0.3 is 65.5 Å². The lowest BCUT2D eigenvalue weighted by Crippen LogP contribution is -2.70. The molecule has 1 amide bonds. The molecule has 0 spiro atoms. The van der Waals surface area contributed by atoms with E-state index in [1.807, 2.05) is 0 Å². The summed E-state index contributed by atoms with van der Waals surface area (Å²) in [5.74, 6) is -5.44. The first-order valence-corrected chi connectivity index (χ1v) is 9.70. The summed E-state index contributed by atoms with van der Waals surface area (Å²) in [6.45, 7) is -0.741. The lowest BCUT2D eigenvalue weighted by Gasteiger charge is -2.49. The maximum absolute atomic E-state index is 12.1. The molecular weight excluding hydrogens is 442 g/mol. The summed E-state index contributed by atoms with van der Waals surface area (Å²) in [7, 11) is 0. The topological polar surface area (TPSA) is 256 Å². The quantitative estimate of drug-likeness (QED) is 0.158. The van der Waals surface area contributed by atoms with Gasteiger partial charge in [-0.25, -0.2) is 4.79 Å². The molecule has 186 valence electrons. The van der Waals surface area contributed by atoms with Gasteiger partial charge >= 0.3 is 5.97 Å². The first kappa shape index (κ1) is 26.7. The fourth-order valence-electron chi connectivity index (χ4n) is 3.67. The Morgan fingerprint density at radius 3 is 2.28 bits per heavy atom. The minimum absolute atomic E-state index is 0.693. The van der Waals surface area contributed by atoms with Crippen LogP contribution in [0.15, 0.2) is 0 Å². The molecular formula is C17H29NO14. The Morgan fingerprint density at radius 2 is 1.78 bits per heavy atom. The summed E-state index contributed by atoms with van der Waals surface area (Å²) in [5.41, 5.74) is 0. The first-order chi connectivity index (χ1) is 14.9. The van der Waals surface area contributed by atoms with Crippen LogP contribution in [0.5, 0.6) is 0 Å². The zero-order valence-electron chi connectivity index (χ0n) is 17.0. The Hall–Kier alpha value is -1.50. The van der Waals surface area contributed by atoms with Crippen LogP contribution in [0.1, 0.15) is 13.3 Å². The molecule has 15 nitrogen and oxygen atoms in total. The number of carbonyl (C=O) groups excluding carboxylic acids is 1. The maximum atomic E-state index is 12.1. The third-order valence-corrected chi connectivity index (χ3v) is 5.35. The van der Waals surface area contributed by atoms with Gasteiger partial charge in [0.2, 0.25) is 5.91 Å². The summed E-state index contributed by atoms with van der Waals surface area (Å²) in [6, 6.07) is -1.44. The number of aliphatic hydroxyl groups excluding tert-OH is 8. The van der Waals surface area contributed by atoms with Gasteiger partial charge in [-0.1, -0.05) is 0 Å². The van der Waals surface area contributed by atoms with E-state index in [0.29, 0.717) is 0 Å². The molecule has 0 bridgehead atoms. The molecule has 32 heavy (non-hydrogen) atoms. The van der Waals surface area contributed by atoms with Gasteiger partial charge in [0.1, 0.15) is 42.7 Å². The molecule has 2 fully saturated rings. The minimum Gasteiger partial charge on any atom is -0.477 e. The van der Waals surface area contributed by atoms with Crippen LogP contribution < -0.4 is 5.32 Å². The van der Waals surface area contributed by atoms with Gasteiger partial charge in [0.25, 0.3) is 5.79 Å². The maximum Gasteiger partial charge on any atom is 0.364 e. The lowest BCUT2D eigenvalue weighted by atomic mass is 9.88. The van der Waals surface area contributed by atoms with Crippen LogP contribution in [-0.2, 0) is 23.8 Å². The molecule has 11 atom stereocenters. The van der Waals surface area contributed by atoms with Gasteiger partial charge in [-0.2, -0.15) is 0 Å². The number of carboxylic acid groups (broad SMARTS) is 1. The van der Waals surface area contributed by atoms with E-state index in [1.54, 1.807) is 0 Å². The molecule has 4 unspecified atom stereocenters. The van der Waals surface area contributed by atoms with Crippen molar-refractivity contribution < 1.29 is 69.8 Å². The normalized spacial score (nSPS) is 42.2. The molecule has 2 rings (SSSR count). The molecule has 0 aromatic heterocycles. The highest BCUT2D eigenvalue weighted by Gasteiger charge is 2.59. The van der Waals surface area contributed by atoms with Gasteiger partial charge in [0.15, 0.2) is 6.29 Å². The number of amides is 1. The van der Waals surface area contributed by atoms with Gasteiger partial charge in [-0.05, 0) is 0 Å². The van der Waals surface area contributed by atoms with E-state index >= 15 is 0 Å². The summed E-state index contributed by atoms with van der Waals surface area (Å²) >= 11 is 0. The summed E-state index contributed by atoms with van der Waals surface area (Å²) < 4.78 is 15.5. The second kappa shape index (κ2) is 10.6. The van der Waals surface area contributed by atoms with E-state index in [0.717, 1.165) is 6.92 Å². The van der Waals surface area contributed by atoms with Crippen LogP contribution in [0.4, 0.5) is 0 Å². The lowest BCUT2D eigenvalue weighted by molar-refractivity contribution is -0.366. The molecule has 2 heterocycles. The van der Waals surface area contributed by atoms with E-state index < -0.39 is 98.5 Å². The highest BCUT2D eigenvalue weighted by atomic mass is 16.7. The molecule has 2 aliphatic heterocycles. The second-order valence-electron chi connectivity index (χ2n) is 7.69. The Morgan fingerprint density at radius 1 is 1.16 bits per heavy atom. The van der Waals surface area contributed by atoms with Crippen molar-refractivity contribution in [3.63, 3.8) is 0 Å². The van der Waals surface area contributed by atoms with Crippen molar-refractivity contribution in [1.29, 1.82) is 0 Å². The molecule has 0 radical (unpaired) electrons. The Bertz CT molecular complexity index is 665. The van der Waals surface area contributed by atoms with E-state index in [-0.39, 0.29) is 0 Å². The number of carbonyl (C=O) groups is 2. The zero-order valence-corrected chi connectivity index (χ0v) is 17.0. The van der Waals surface area contributed by atoms with Crippen LogP contribution in [0.3, 0.4) is 0 Å². The number of ether oxygens (including phenoxy) is 3. The van der Waals surface area contributed by atoms with E-state index in [9.17, 15) is 50.4 Å². The molecule has 15 heteroatoms. The summed E-state index contributed by atoms with van der Waals surface area (Å²) in [6.07, 6.45) is -17.6. The van der Waals surface area contributed by atoms with Crippen molar-refractivity contribution in [2.75, 3.05) is 13.2 Å². The molecule has 2 aliphatic rings. The average Bonchev–Trinajstić information content (AvgIpc) is 2.73.